The molecule has 0 saturated heterocycles. The molecule has 0 amide bonds. The van der Waals surface area contributed by atoms with Crippen molar-refractivity contribution in [1.82, 2.24) is 0 Å². The largest absolute Gasteiger partial charge is 0.726 e. The molecule has 0 fully saturated rings. The summed E-state index contributed by atoms with van der Waals surface area (Å²) in [7, 11) is -4.42. The van der Waals surface area contributed by atoms with Gasteiger partial charge in [0.05, 0.1) is 6.61 Å². The summed E-state index contributed by atoms with van der Waals surface area (Å²) in [6.45, 7) is 1.90. The predicted molar refractivity (Wildman–Crippen MR) is 122 cm³/mol. The number of ether oxygens (including phenoxy) is 1. The van der Waals surface area contributed by atoms with E-state index in [0.29, 0.717) is 11.5 Å². The fourth-order valence-electron chi connectivity index (χ4n) is 2.58. The Balaban J connectivity index is 0.000000225. The maximum absolute atomic E-state index is 10.0. The summed E-state index contributed by atoms with van der Waals surface area (Å²) in [6, 6.07) is 24.9. The summed E-state index contributed by atoms with van der Waals surface area (Å²) in [5.41, 5.74) is 2.76. The van der Waals surface area contributed by atoms with Gasteiger partial charge in [0.2, 0.25) is 10.4 Å². The molecule has 0 aromatic heterocycles. The Kier molecular flexibility index (Phi) is 9.87. The van der Waals surface area contributed by atoms with Crippen molar-refractivity contribution in [3.05, 3.63) is 90.0 Å². The molecular weight excluding hydrogens is 436 g/mol. The molecule has 0 aliphatic heterocycles. The normalized spacial score (nSPS) is 11.8. The number of phenols is 1. The minimum atomic E-state index is -4.61. The van der Waals surface area contributed by atoms with Crippen LogP contribution in [0.2, 0.25) is 0 Å². The predicted octanol–water partition coefficient (Wildman–Crippen LogP) is 4.05. The van der Waals surface area contributed by atoms with Crippen LogP contribution in [0.4, 0.5) is 0 Å². The SMILES string of the molecule is Cc1ccccc1C[S+](C)c1ccc(O)cc1.O=S(=O)([O-])OCCOc1ccccc1. The van der Waals surface area contributed by atoms with E-state index in [-0.39, 0.29) is 24.1 Å². The van der Waals surface area contributed by atoms with Gasteiger partial charge in [-0.3, -0.25) is 4.18 Å². The Bertz CT molecular complexity index is 1020. The van der Waals surface area contributed by atoms with Crippen molar-refractivity contribution >= 4 is 21.3 Å². The smallest absolute Gasteiger partial charge is 0.217 e. The number of aryl methyl sites for hydroxylation is 1. The molecule has 166 valence electrons. The van der Waals surface area contributed by atoms with E-state index >= 15 is 0 Å². The average Bonchev–Trinajstić information content (AvgIpc) is 2.74. The summed E-state index contributed by atoms with van der Waals surface area (Å²) in [6.07, 6.45) is 2.25. The van der Waals surface area contributed by atoms with E-state index in [4.69, 9.17) is 4.74 Å². The number of rotatable bonds is 8. The van der Waals surface area contributed by atoms with Crippen molar-refractivity contribution < 1.29 is 27.0 Å². The van der Waals surface area contributed by atoms with E-state index in [0.717, 1.165) is 5.75 Å². The second-order valence-electron chi connectivity index (χ2n) is 6.59. The van der Waals surface area contributed by atoms with E-state index in [9.17, 15) is 18.1 Å². The van der Waals surface area contributed by atoms with Crippen molar-refractivity contribution in [3.63, 3.8) is 0 Å². The van der Waals surface area contributed by atoms with Gasteiger partial charge in [0.1, 0.15) is 30.1 Å². The van der Waals surface area contributed by atoms with Crippen LogP contribution in [0.15, 0.2) is 83.8 Å². The molecule has 0 heterocycles. The average molecular weight is 463 g/mol. The van der Waals surface area contributed by atoms with Crippen molar-refractivity contribution in [3.8, 4) is 11.5 Å². The molecule has 31 heavy (non-hydrogen) atoms. The first kappa shape index (κ1) is 24.7. The zero-order valence-corrected chi connectivity index (χ0v) is 19.1. The molecule has 3 aromatic carbocycles. The third-order valence-corrected chi connectivity index (χ3v) is 6.47. The fourth-order valence-corrected chi connectivity index (χ4v) is 4.41. The number of aromatic hydroxyl groups is 1. The van der Waals surface area contributed by atoms with Crippen LogP contribution in [0.3, 0.4) is 0 Å². The molecule has 0 aliphatic carbocycles. The maximum atomic E-state index is 10.0. The van der Waals surface area contributed by atoms with Crippen LogP contribution in [0.1, 0.15) is 11.1 Å². The third-order valence-electron chi connectivity index (χ3n) is 4.20. The van der Waals surface area contributed by atoms with Gasteiger partial charge in [0, 0.05) is 16.5 Å². The minimum absolute atomic E-state index is 0.0193. The highest BCUT2D eigenvalue weighted by molar-refractivity contribution is 7.95. The van der Waals surface area contributed by atoms with Crippen LogP contribution in [0.25, 0.3) is 0 Å². The Morgan fingerprint density at radius 2 is 1.52 bits per heavy atom. The van der Waals surface area contributed by atoms with Gasteiger partial charge in [0.25, 0.3) is 0 Å². The van der Waals surface area contributed by atoms with Crippen LogP contribution in [-0.2, 0) is 31.2 Å². The van der Waals surface area contributed by atoms with E-state index in [1.165, 1.54) is 16.0 Å². The van der Waals surface area contributed by atoms with Gasteiger partial charge in [-0.15, -0.1) is 0 Å². The Labute approximate surface area is 186 Å². The van der Waals surface area contributed by atoms with Crippen molar-refractivity contribution in [2.45, 2.75) is 17.6 Å². The molecule has 0 saturated carbocycles. The lowest BCUT2D eigenvalue weighted by atomic mass is 10.1. The zero-order chi connectivity index (χ0) is 22.7. The number of hydrogen-bond donors (Lipinski definition) is 1. The third kappa shape index (κ3) is 9.89. The topological polar surface area (TPSA) is 95.9 Å². The number of hydrogen-bond acceptors (Lipinski definition) is 6. The second kappa shape index (κ2) is 12.4. The van der Waals surface area contributed by atoms with Gasteiger partial charge >= 0.3 is 0 Å². The number of phenolic OH excluding ortho intramolecular Hbond substituents is 1. The summed E-state index contributed by atoms with van der Waals surface area (Å²) < 4.78 is 39.0. The molecule has 8 heteroatoms. The Morgan fingerprint density at radius 3 is 2.13 bits per heavy atom. The summed E-state index contributed by atoms with van der Waals surface area (Å²) in [4.78, 5) is 1.30. The Morgan fingerprint density at radius 1 is 0.903 bits per heavy atom. The van der Waals surface area contributed by atoms with E-state index in [1.807, 2.05) is 18.2 Å². The molecular formula is C23H26O6S2. The van der Waals surface area contributed by atoms with E-state index in [1.54, 1.807) is 36.4 Å². The van der Waals surface area contributed by atoms with Gasteiger partial charge < -0.3 is 14.4 Å². The zero-order valence-electron chi connectivity index (χ0n) is 17.4. The molecule has 1 N–H and O–H groups in total. The molecule has 0 aliphatic rings. The quantitative estimate of drug-likeness (QED) is 0.235. The molecule has 3 aromatic rings. The van der Waals surface area contributed by atoms with Gasteiger partial charge in [-0.25, -0.2) is 8.42 Å². The maximum Gasteiger partial charge on any atom is 0.217 e. The van der Waals surface area contributed by atoms with Crippen LogP contribution < -0.4 is 4.74 Å². The lowest BCUT2D eigenvalue weighted by molar-refractivity contribution is 0.199. The van der Waals surface area contributed by atoms with Crippen molar-refractivity contribution in [2.75, 3.05) is 19.5 Å². The van der Waals surface area contributed by atoms with Gasteiger partial charge in [-0.2, -0.15) is 0 Å². The van der Waals surface area contributed by atoms with Crippen LogP contribution in [-0.4, -0.2) is 37.5 Å². The Hall–Kier alpha value is -2.52. The molecule has 0 spiro atoms. The van der Waals surface area contributed by atoms with Crippen molar-refractivity contribution in [2.24, 2.45) is 0 Å². The first-order valence-corrected chi connectivity index (χ1v) is 12.6. The molecule has 1 atom stereocenters. The number of para-hydroxylation sites is 1. The molecule has 0 radical (unpaired) electrons. The summed E-state index contributed by atoms with van der Waals surface area (Å²) in [5.74, 6) is 2.00. The first-order valence-electron chi connectivity index (χ1n) is 9.49. The fraction of sp³-hybridized carbons (Fsp3) is 0.217. The van der Waals surface area contributed by atoms with Crippen LogP contribution in [0.5, 0.6) is 11.5 Å². The number of benzene rings is 3. The van der Waals surface area contributed by atoms with Gasteiger partial charge in [-0.1, -0.05) is 42.5 Å². The molecule has 0 bridgehead atoms. The van der Waals surface area contributed by atoms with E-state index in [2.05, 4.69) is 41.6 Å². The molecule has 6 nitrogen and oxygen atoms in total. The lowest BCUT2D eigenvalue weighted by Crippen LogP contribution is -2.11. The lowest BCUT2D eigenvalue weighted by Gasteiger charge is -2.08. The molecule has 1 unspecified atom stereocenters. The van der Waals surface area contributed by atoms with Crippen LogP contribution in [0, 0.1) is 6.92 Å². The highest BCUT2D eigenvalue weighted by Crippen LogP contribution is 2.20. The van der Waals surface area contributed by atoms with Crippen LogP contribution >= 0.6 is 0 Å². The first-order chi connectivity index (χ1) is 14.7. The highest BCUT2D eigenvalue weighted by atomic mass is 32.3. The summed E-state index contributed by atoms with van der Waals surface area (Å²) in [5, 5.41) is 9.28. The van der Waals surface area contributed by atoms with E-state index < -0.39 is 10.4 Å². The van der Waals surface area contributed by atoms with Crippen molar-refractivity contribution in [1.29, 1.82) is 0 Å². The standard InChI is InChI=1S/C15H16OS.C8H10O5S/c1-12-5-3-4-6-13(12)11-17(2)15-9-7-14(16)8-10-15;9-14(10,11)13-7-6-12-8-4-2-1-3-5-8/h3-10H,11H2,1-2H3;1-5H,6-7H2,(H,9,10,11). The molecule has 3 rings (SSSR count). The second-order valence-corrected chi connectivity index (χ2v) is 9.68. The highest BCUT2D eigenvalue weighted by Gasteiger charge is 2.16. The minimum Gasteiger partial charge on any atom is -0.726 e. The summed E-state index contributed by atoms with van der Waals surface area (Å²) >= 11 is 0. The van der Waals surface area contributed by atoms with Gasteiger partial charge in [0.15, 0.2) is 4.90 Å². The monoisotopic (exact) mass is 462 g/mol. The van der Waals surface area contributed by atoms with Gasteiger partial charge in [-0.05, 0) is 48.9 Å².